The van der Waals surface area contributed by atoms with E-state index in [0.29, 0.717) is 6.04 Å². The molecule has 2 atom stereocenters. The molecule has 3 heteroatoms. The van der Waals surface area contributed by atoms with Crippen LogP contribution < -0.4 is 4.74 Å². The molecule has 1 heterocycles. The quantitative estimate of drug-likeness (QED) is 0.842. The highest BCUT2D eigenvalue weighted by atomic mass is 16.5. The van der Waals surface area contributed by atoms with Gasteiger partial charge in [0.2, 0.25) is 0 Å². The number of rotatable bonds is 4. The molecule has 1 aliphatic heterocycles. The Hall–Kier alpha value is -1.51. The van der Waals surface area contributed by atoms with Crippen molar-refractivity contribution in [1.29, 1.82) is 0 Å². The van der Waals surface area contributed by atoms with Gasteiger partial charge in [0.15, 0.2) is 0 Å². The molecule has 0 aromatic heterocycles. The molecule has 1 aromatic rings. The van der Waals surface area contributed by atoms with Crippen LogP contribution in [0.3, 0.4) is 0 Å². The van der Waals surface area contributed by atoms with Crippen LogP contribution in [0.25, 0.3) is 0 Å². The van der Waals surface area contributed by atoms with Gasteiger partial charge in [-0.1, -0.05) is 6.07 Å². The number of hydrogen-bond acceptors (Lipinski definition) is 2. The van der Waals surface area contributed by atoms with E-state index < -0.39 is 0 Å². The van der Waals surface area contributed by atoms with Crippen LogP contribution in [0.15, 0.2) is 24.3 Å². The number of hydrogen-bond donors (Lipinski definition) is 0. The summed E-state index contributed by atoms with van der Waals surface area (Å²) < 4.78 is 5.22. The first kappa shape index (κ1) is 12.2. The van der Waals surface area contributed by atoms with E-state index in [9.17, 15) is 4.79 Å². The van der Waals surface area contributed by atoms with E-state index in [2.05, 4.69) is 4.90 Å². The van der Waals surface area contributed by atoms with E-state index in [4.69, 9.17) is 4.74 Å². The van der Waals surface area contributed by atoms with Crippen molar-refractivity contribution in [3.8, 4) is 5.75 Å². The SMILES string of the molecule is COc1cccc(C(=O)N2C[C@@H](C3CC3)[C@H]2C2CC2)c1. The minimum absolute atomic E-state index is 0.192. The van der Waals surface area contributed by atoms with Crippen molar-refractivity contribution in [3.05, 3.63) is 29.8 Å². The average Bonchev–Trinajstić information content (AvgIpc) is 3.31. The summed E-state index contributed by atoms with van der Waals surface area (Å²) in [6, 6.07) is 8.08. The van der Waals surface area contributed by atoms with Crippen molar-refractivity contribution in [2.75, 3.05) is 13.7 Å². The Morgan fingerprint density at radius 2 is 1.95 bits per heavy atom. The van der Waals surface area contributed by atoms with Crippen molar-refractivity contribution in [2.45, 2.75) is 31.7 Å². The van der Waals surface area contributed by atoms with Gasteiger partial charge in [-0.15, -0.1) is 0 Å². The monoisotopic (exact) mass is 271 g/mol. The summed E-state index contributed by atoms with van der Waals surface area (Å²) in [5.41, 5.74) is 0.768. The maximum atomic E-state index is 12.7. The lowest BCUT2D eigenvalue weighted by Gasteiger charge is -2.49. The van der Waals surface area contributed by atoms with Gasteiger partial charge < -0.3 is 9.64 Å². The van der Waals surface area contributed by atoms with Gasteiger partial charge >= 0.3 is 0 Å². The molecular formula is C17H21NO2. The zero-order valence-electron chi connectivity index (χ0n) is 11.9. The number of benzene rings is 1. The smallest absolute Gasteiger partial charge is 0.254 e. The van der Waals surface area contributed by atoms with Gasteiger partial charge in [-0.05, 0) is 55.7 Å². The topological polar surface area (TPSA) is 29.5 Å². The zero-order valence-corrected chi connectivity index (χ0v) is 11.9. The lowest BCUT2D eigenvalue weighted by molar-refractivity contribution is -0.00201. The van der Waals surface area contributed by atoms with E-state index >= 15 is 0 Å². The highest BCUT2D eigenvalue weighted by molar-refractivity contribution is 5.95. The third-order valence-electron chi connectivity index (χ3n) is 5.12. The van der Waals surface area contributed by atoms with Crippen LogP contribution in [-0.4, -0.2) is 30.5 Å². The predicted molar refractivity (Wildman–Crippen MR) is 76.8 cm³/mol. The van der Waals surface area contributed by atoms with E-state index in [1.807, 2.05) is 24.3 Å². The van der Waals surface area contributed by atoms with E-state index in [1.165, 1.54) is 25.7 Å². The summed E-state index contributed by atoms with van der Waals surface area (Å²) in [5, 5.41) is 0. The molecule has 3 fully saturated rings. The van der Waals surface area contributed by atoms with Crippen LogP contribution in [0.4, 0.5) is 0 Å². The highest BCUT2D eigenvalue weighted by Crippen LogP contribution is 2.52. The van der Waals surface area contributed by atoms with E-state index in [-0.39, 0.29) is 5.91 Å². The summed E-state index contributed by atoms with van der Waals surface area (Å²) in [6.45, 7) is 0.974. The minimum Gasteiger partial charge on any atom is -0.497 e. The summed E-state index contributed by atoms with van der Waals surface area (Å²) >= 11 is 0. The molecule has 0 bridgehead atoms. The molecule has 1 amide bonds. The van der Waals surface area contributed by atoms with Crippen molar-refractivity contribution >= 4 is 5.91 Å². The number of carbonyl (C=O) groups excluding carboxylic acids is 1. The number of amides is 1. The summed E-state index contributed by atoms with van der Waals surface area (Å²) in [4.78, 5) is 14.8. The van der Waals surface area contributed by atoms with Gasteiger partial charge in [-0.2, -0.15) is 0 Å². The average molecular weight is 271 g/mol. The summed E-state index contributed by atoms with van der Waals surface area (Å²) in [5.74, 6) is 3.44. The Morgan fingerprint density at radius 1 is 1.20 bits per heavy atom. The first-order valence-electron chi connectivity index (χ1n) is 7.73. The van der Waals surface area contributed by atoms with Gasteiger partial charge in [-0.3, -0.25) is 4.79 Å². The number of nitrogens with zero attached hydrogens (tertiary/aromatic N) is 1. The molecule has 1 saturated heterocycles. The second-order valence-electron chi connectivity index (χ2n) is 6.52. The lowest BCUT2D eigenvalue weighted by atomic mass is 9.80. The van der Waals surface area contributed by atoms with Gasteiger partial charge in [0, 0.05) is 24.1 Å². The molecule has 0 spiro atoms. The molecule has 20 heavy (non-hydrogen) atoms. The Kier molecular flexibility index (Phi) is 2.76. The largest absolute Gasteiger partial charge is 0.497 e. The van der Waals surface area contributed by atoms with E-state index in [1.54, 1.807) is 7.11 Å². The van der Waals surface area contributed by atoms with Crippen molar-refractivity contribution in [3.63, 3.8) is 0 Å². The number of ether oxygens (including phenoxy) is 1. The molecule has 3 nitrogen and oxygen atoms in total. The maximum absolute atomic E-state index is 12.7. The lowest BCUT2D eigenvalue weighted by Crippen LogP contribution is -2.60. The molecule has 2 saturated carbocycles. The summed E-state index contributed by atoms with van der Waals surface area (Å²) in [7, 11) is 1.64. The first-order chi connectivity index (χ1) is 9.78. The molecule has 2 aliphatic carbocycles. The second-order valence-corrected chi connectivity index (χ2v) is 6.52. The van der Waals surface area contributed by atoms with Crippen LogP contribution in [0.2, 0.25) is 0 Å². The minimum atomic E-state index is 0.192. The second kappa shape index (κ2) is 4.51. The molecule has 1 aromatic carbocycles. The molecular weight excluding hydrogens is 250 g/mol. The molecule has 106 valence electrons. The Morgan fingerprint density at radius 3 is 2.60 bits per heavy atom. The standard InChI is InChI=1S/C17H21NO2/c1-20-14-4-2-3-13(9-14)17(19)18-10-15(11-5-6-11)16(18)12-7-8-12/h2-4,9,11-12,15-16H,5-8,10H2,1H3/t15-,16+/m0/s1. The van der Waals surface area contributed by atoms with Crippen LogP contribution in [0.5, 0.6) is 5.75 Å². The summed E-state index contributed by atoms with van der Waals surface area (Å²) in [6.07, 6.45) is 5.40. The van der Waals surface area contributed by atoms with Crippen molar-refractivity contribution in [2.24, 2.45) is 17.8 Å². The fourth-order valence-electron chi connectivity index (χ4n) is 3.68. The van der Waals surface area contributed by atoms with Crippen molar-refractivity contribution in [1.82, 2.24) is 4.90 Å². The Balaban J connectivity index is 1.52. The van der Waals surface area contributed by atoms with Gasteiger partial charge in [0.25, 0.3) is 5.91 Å². The fourth-order valence-corrected chi connectivity index (χ4v) is 3.68. The normalized spacial score (nSPS) is 28.9. The third-order valence-corrected chi connectivity index (χ3v) is 5.12. The molecule has 0 N–H and O–H groups in total. The highest BCUT2D eigenvalue weighted by Gasteiger charge is 2.54. The van der Waals surface area contributed by atoms with Crippen molar-refractivity contribution < 1.29 is 9.53 Å². The maximum Gasteiger partial charge on any atom is 0.254 e. The molecule has 0 unspecified atom stereocenters. The van der Waals surface area contributed by atoms with Gasteiger partial charge in [-0.25, -0.2) is 0 Å². The number of methoxy groups -OCH3 is 1. The fraction of sp³-hybridized carbons (Fsp3) is 0.588. The molecule has 0 radical (unpaired) electrons. The van der Waals surface area contributed by atoms with Crippen LogP contribution in [0, 0.1) is 17.8 Å². The Bertz CT molecular complexity index is 534. The van der Waals surface area contributed by atoms with Gasteiger partial charge in [0.1, 0.15) is 5.75 Å². The number of likely N-dealkylation sites (tertiary alicyclic amines) is 1. The number of carbonyl (C=O) groups is 1. The predicted octanol–water partition coefficient (Wildman–Crippen LogP) is 2.96. The van der Waals surface area contributed by atoms with Crippen LogP contribution >= 0.6 is 0 Å². The van der Waals surface area contributed by atoms with Gasteiger partial charge in [0.05, 0.1) is 7.11 Å². The molecule has 3 aliphatic rings. The van der Waals surface area contributed by atoms with E-state index in [0.717, 1.165) is 35.6 Å². The zero-order chi connectivity index (χ0) is 13.7. The first-order valence-corrected chi connectivity index (χ1v) is 7.73. The molecule has 4 rings (SSSR count). The Labute approximate surface area is 119 Å². The van der Waals surface area contributed by atoms with Crippen LogP contribution in [-0.2, 0) is 0 Å². The third kappa shape index (κ3) is 2.00. The van der Waals surface area contributed by atoms with Crippen LogP contribution in [0.1, 0.15) is 36.0 Å².